The number of ether oxygens (including phenoxy) is 1. The Morgan fingerprint density at radius 3 is 2.26 bits per heavy atom. The highest BCUT2D eigenvalue weighted by molar-refractivity contribution is 6.35. The van der Waals surface area contributed by atoms with Crippen molar-refractivity contribution in [3.63, 3.8) is 0 Å². The Morgan fingerprint density at radius 2 is 1.53 bits per heavy atom. The summed E-state index contributed by atoms with van der Waals surface area (Å²) in [5.41, 5.74) is 3.21. The fraction of sp³-hybridized carbons (Fsp3) is 0.250. The van der Waals surface area contributed by atoms with E-state index in [9.17, 15) is 4.79 Å². The summed E-state index contributed by atoms with van der Waals surface area (Å²) in [6.07, 6.45) is 4.14. The van der Waals surface area contributed by atoms with Gasteiger partial charge in [0, 0.05) is 32.8 Å². The molecule has 3 nitrogen and oxygen atoms in total. The highest BCUT2D eigenvalue weighted by Gasteiger charge is 2.50. The second kappa shape index (κ2) is 10.1. The van der Waals surface area contributed by atoms with E-state index in [1.54, 1.807) is 6.07 Å². The number of carbonyl (C=O) groups is 1. The molecule has 174 valence electrons. The van der Waals surface area contributed by atoms with Gasteiger partial charge in [-0.2, -0.15) is 0 Å². The van der Waals surface area contributed by atoms with Gasteiger partial charge < -0.3 is 10.1 Å². The average Bonchev–Trinajstić information content (AvgIpc) is 3.15. The molecule has 3 aromatic rings. The Balaban J connectivity index is 1.49. The molecular formula is C28H24Cl3NO2. The molecule has 0 aromatic heterocycles. The standard InChI is InChI=1S/C28H24Cl3NO2/c29-19-8-6-18(7-9-19)26-22(21-11-10-20(30)14-24(21)31)12-13-23-27(26)25(32-28(23)33)16-34-15-17-4-2-1-3-5-17/h1-14,22-23,25-27H,15-16H2,(H,32,33)/t22-,23+,25+,26-,27-/m0/s1. The van der Waals surface area contributed by atoms with Crippen molar-refractivity contribution in [3.05, 3.63) is 117 Å². The fourth-order valence-electron chi connectivity index (χ4n) is 5.30. The first-order valence-electron chi connectivity index (χ1n) is 11.3. The molecule has 1 fully saturated rings. The maximum Gasteiger partial charge on any atom is 0.227 e. The lowest BCUT2D eigenvalue weighted by molar-refractivity contribution is -0.122. The molecule has 5 rings (SSSR count). The zero-order chi connectivity index (χ0) is 23.7. The minimum atomic E-state index is -0.228. The van der Waals surface area contributed by atoms with Gasteiger partial charge in [-0.05, 0) is 41.0 Å². The summed E-state index contributed by atoms with van der Waals surface area (Å²) in [6, 6.07) is 23.4. The lowest BCUT2D eigenvalue weighted by atomic mass is 9.65. The second-order valence-electron chi connectivity index (χ2n) is 8.87. The third-order valence-electron chi connectivity index (χ3n) is 6.82. The Bertz CT molecular complexity index is 1200. The quantitative estimate of drug-likeness (QED) is 0.360. The van der Waals surface area contributed by atoms with E-state index in [1.165, 1.54) is 0 Å². The van der Waals surface area contributed by atoms with E-state index in [2.05, 4.69) is 11.4 Å². The largest absolute Gasteiger partial charge is 0.375 e. The van der Waals surface area contributed by atoms with Gasteiger partial charge in [0.15, 0.2) is 0 Å². The summed E-state index contributed by atoms with van der Waals surface area (Å²) >= 11 is 19.0. The number of amides is 1. The molecule has 0 spiro atoms. The van der Waals surface area contributed by atoms with Crippen LogP contribution in [0.5, 0.6) is 0 Å². The van der Waals surface area contributed by atoms with Crippen LogP contribution >= 0.6 is 34.8 Å². The first kappa shape index (κ1) is 23.4. The van der Waals surface area contributed by atoms with Gasteiger partial charge in [0.2, 0.25) is 5.91 Å². The predicted molar refractivity (Wildman–Crippen MR) is 138 cm³/mol. The van der Waals surface area contributed by atoms with Crippen LogP contribution in [0.1, 0.15) is 28.5 Å². The van der Waals surface area contributed by atoms with Crippen LogP contribution in [0.25, 0.3) is 0 Å². The molecule has 1 N–H and O–H groups in total. The molecule has 1 heterocycles. The first-order chi connectivity index (χ1) is 16.5. The lowest BCUT2D eigenvalue weighted by Crippen LogP contribution is -2.38. The highest BCUT2D eigenvalue weighted by atomic mass is 35.5. The SMILES string of the molecule is O=C1N[C@H](COCc2ccccc2)[C@H]2[C@@H](c3ccc(Cl)cc3)[C@H](c3ccc(Cl)cc3Cl)C=C[C@@H]12. The zero-order valence-corrected chi connectivity index (χ0v) is 20.6. The monoisotopic (exact) mass is 511 g/mol. The minimum Gasteiger partial charge on any atom is -0.375 e. The van der Waals surface area contributed by atoms with E-state index >= 15 is 0 Å². The molecule has 1 amide bonds. The van der Waals surface area contributed by atoms with E-state index in [0.29, 0.717) is 28.3 Å². The molecule has 0 unspecified atom stereocenters. The highest BCUT2D eigenvalue weighted by Crippen LogP contribution is 2.51. The van der Waals surface area contributed by atoms with Crippen LogP contribution in [0.2, 0.25) is 15.1 Å². The van der Waals surface area contributed by atoms with Gasteiger partial charge >= 0.3 is 0 Å². The molecule has 1 saturated heterocycles. The molecule has 0 radical (unpaired) electrons. The zero-order valence-electron chi connectivity index (χ0n) is 18.3. The van der Waals surface area contributed by atoms with Crippen LogP contribution in [0.3, 0.4) is 0 Å². The number of rotatable bonds is 6. The molecule has 1 aliphatic carbocycles. The summed E-state index contributed by atoms with van der Waals surface area (Å²) in [5.74, 6) is -0.194. The van der Waals surface area contributed by atoms with Gasteiger partial charge in [0.05, 0.1) is 25.2 Å². The Labute approximate surface area is 214 Å². The second-order valence-corrected chi connectivity index (χ2v) is 10.2. The number of benzene rings is 3. The van der Waals surface area contributed by atoms with E-state index in [1.807, 2.05) is 72.8 Å². The number of fused-ring (bicyclic) bond motifs is 1. The van der Waals surface area contributed by atoms with Gasteiger partial charge in [-0.1, -0.05) is 95.5 Å². The summed E-state index contributed by atoms with van der Waals surface area (Å²) < 4.78 is 6.08. The molecular weight excluding hydrogens is 489 g/mol. The number of hydrogen-bond donors (Lipinski definition) is 1. The topological polar surface area (TPSA) is 38.3 Å². The van der Waals surface area contributed by atoms with Crippen molar-refractivity contribution >= 4 is 40.7 Å². The summed E-state index contributed by atoms with van der Waals surface area (Å²) in [6.45, 7) is 0.930. The van der Waals surface area contributed by atoms with Gasteiger partial charge in [-0.25, -0.2) is 0 Å². The first-order valence-corrected chi connectivity index (χ1v) is 12.5. The van der Waals surface area contributed by atoms with Crippen molar-refractivity contribution < 1.29 is 9.53 Å². The Morgan fingerprint density at radius 1 is 0.824 bits per heavy atom. The number of allylic oxidation sites excluding steroid dienone is 1. The lowest BCUT2D eigenvalue weighted by Gasteiger charge is -2.38. The maximum absolute atomic E-state index is 13.0. The Hall–Kier alpha value is -2.30. The van der Waals surface area contributed by atoms with Crippen LogP contribution in [-0.2, 0) is 16.1 Å². The van der Waals surface area contributed by atoms with E-state index in [-0.39, 0.29) is 35.6 Å². The van der Waals surface area contributed by atoms with Gasteiger partial charge in [-0.15, -0.1) is 0 Å². The van der Waals surface area contributed by atoms with Crippen LogP contribution in [0, 0.1) is 11.8 Å². The maximum atomic E-state index is 13.0. The number of carbonyl (C=O) groups excluding carboxylic acids is 1. The van der Waals surface area contributed by atoms with Crippen molar-refractivity contribution in [2.24, 2.45) is 11.8 Å². The van der Waals surface area contributed by atoms with Crippen LogP contribution in [0.4, 0.5) is 0 Å². The predicted octanol–water partition coefficient (Wildman–Crippen LogP) is 7.03. The third-order valence-corrected chi connectivity index (χ3v) is 7.64. The van der Waals surface area contributed by atoms with Crippen molar-refractivity contribution in [2.45, 2.75) is 24.5 Å². The van der Waals surface area contributed by atoms with Crippen LogP contribution in [0.15, 0.2) is 84.9 Å². The minimum absolute atomic E-state index is 0.00573. The molecule has 0 saturated carbocycles. The van der Waals surface area contributed by atoms with Gasteiger partial charge in [0.1, 0.15) is 0 Å². The molecule has 5 atom stereocenters. The number of halogens is 3. The molecule has 6 heteroatoms. The molecule has 0 bridgehead atoms. The normalized spacial score (nSPS) is 25.7. The molecule has 1 aliphatic heterocycles. The van der Waals surface area contributed by atoms with Crippen molar-refractivity contribution in [2.75, 3.05) is 6.61 Å². The van der Waals surface area contributed by atoms with Crippen molar-refractivity contribution in [3.8, 4) is 0 Å². The smallest absolute Gasteiger partial charge is 0.227 e. The summed E-state index contributed by atoms with van der Waals surface area (Å²) in [4.78, 5) is 13.0. The van der Waals surface area contributed by atoms with Crippen molar-refractivity contribution in [1.29, 1.82) is 0 Å². The Kier molecular flexibility index (Phi) is 6.99. The average molecular weight is 513 g/mol. The molecule has 3 aromatic carbocycles. The number of nitrogens with one attached hydrogen (secondary N) is 1. The molecule has 34 heavy (non-hydrogen) atoms. The van der Waals surface area contributed by atoms with Crippen molar-refractivity contribution in [1.82, 2.24) is 5.32 Å². The van der Waals surface area contributed by atoms with E-state index in [0.717, 1.165) is 16.7 Å². The fourth-order valence-corrected chi connectivity index (χ4v) is 5.96. The number of hydrogen-bond acceptors (Lipinski definition) is 2. The van der Waals surface area contributed by atoms with E-state index < -0.39 is 0 Å². The molecule has 2 aliphatic rings. The van der Waals surface area contributed by atoms with Crippen LogP contribution in [-0.4, -0.2) is 18.6 Å². The van der Waals surface area contributed by atoms with Gasteiger partial charge in [0.25, 0.3) is 0 Å². The van der Waals surface area contributed by atoms with Crippen LogP contribution < -0.4 is 5.32 Å². The summed E-state index contributed by atoms with van der Waals surface area (Å²) in [5, 5.41) is 5.09. The third kappa shape index (κ3) is 4.76. The van der Waals surface area contributed by atoms with Gasteiger partial charge in [-0.3, -0.25) is 4.79 Å². The van der Waals surface area contributed by atoms with E-state index in [4.69, 9.17) is 39.5 Å². The summed E-state index contributed by atoms with van der Waals surface area (Å²) in [7, 11) is 0.